The van der Waals surface area contributed by atoms with Crippen LogP contribution in [0.5, 0.6) is 0 Å². The number of urea groups is 1. The first-order chi connectivity index (χ1) is 7.34. The quantitative estimate of drug-likeness (QED) is 0.757. The number of carbonyl (C=O) groups is 1. The molecule has 1 fully saturated rings. The Hall–Kier alpha value is -1.55. The summed E-state index contributed by atoms with van der Waals surface area (Å²) in [5, 5.41) is 9.06. The third kappa shape index (κ3) is 1.37. The van der Waals surface area contributed by atoms with Gasteiger partial charge in [-0.1, -0.05) is 18.2 Å². The van der Waals surface area contributed by atoms with E-state index in [-0.39, 0.29) is 12.1 Å². The van der Waals surface area contributed by atoms with Crippen LogP contribution in [0.4, 0.5) is 4.79 Å². The lowest BCUT2D eigenvalue weighted by Gasteiger charge is -2.06. The van der Waals surface area contributed by atoms with E-state index in [9.17, 15) is 4.79 Å². The second-order valence-electron chi connectivity index (χ2n) is 3.59. The van der Waals surface area contributed by atoms with E-state index >= 15 is 0 Å². The highest BCUT2D eigenvalue weighted by Gasteiger charge is 2.23. The predicted molar refractivity (Wildman–Crippen MR) is 61.1 cm³/mol. The van der Waals surface area contributed by atoms with E-state index in [0.717, 1.165) is 0 Å². The van der Waals surface area contributed by atoms with Gasteiger partial charge in [-0.25, -0.2) is 4.79 Å². The molecule has 1 aliphatic heterocycles. The van der Waals surface area contributed by atoms with Crippen LogP contribution in [0, 0.1) is 0 Å². The summed E-state index contributed by atoms with van der Waals surface area (Å²) in [4.78, 5) is 11.1. The minimum atomic E-state index is -0.0738. The van der Waals surface area contributed by atoms with Crippen LogP contribution >= 0.6 is 11.3 Å². The molecule has 2 heterocycles. The van der Waals surface area contributed by atoms with E-state index < -0.39 is 0 Å². The van der Waals surface area contributed by atoms with Crippen molar-refractivity contribution in [3.63, 3.8) is 0 Å². The Morgan fingerprint density at radius 3 is 3.00 bits per heavy atom. The van der Waals surface area contributed by atoms with Gasteiger partial charge in [-0.2, -0.15) is 0 Å². The molecular formula is C11H10N2OS. The van der Waals surface area contributed by atoms with E-state index in [2.05, 4.69) is 28.1 Å². The first kappa shape index (κ1) is 8.73. The van der Waals surface area contributed by atoms with Crippen LogP contribution in [0.1, 0.15) is 11.6 Å². The molecule has 3 nitrogen and oxygen atoms in total. The normalized spacial score (nSPS) is 20.3. The molecule has 4 heteroatoms. The van der Waals surface area contributed by atoms with Crippen LogP contribution in [-0.2, 0) is 0 Å². The van der Waals surface area contributed by atoms with E-state index in [4.69, 9.17) is 0 Å². The Bertz CT molecular complexity index is 520. The maximum atomic E-state index is 11.1. The molecule has 1 atom stereocenters. The van der Waals surface area contributed by atoms with Gasteiger partial charge >= 0.3 is 6.03 Å². The summed E-state index contributed by atoms with van der Waals surface area (Å²) in [6, 6.07) is 8.32. The molecule has 2 aromatic rings. The van der Waals surface area contributed by atoms with Gasteiger partial charge in [-0.3, -0.25) is 0 Å². The number of hydrogen-bond acceptors (Lipinski definition) is 2. The summed E-state index contributed by atoms with van der Waals surface area (Å²) in [6.07, 6.45) is 0. The highest BCUT2D eigenvalue weighted by atomic mass is 32.1. The van der Waals surface area contributed by atoms with Crippen molar-refractivity contribution >= 4 is 27.5 Å². The highest BCUT2D eigenvalue weighted by Crippen LogP contribution is 2.30. The summed E-state index contributed by atoms with van der Waals surface area (Å²) in [7, 11) is 0. The van der Waals surface area contributed by atoms with Crippen molar-refractivity contribution in [3.05, 3.63) is 35.2 Å². The summed E-state index contributed by atoms with van der Waals surface area (Å²) >= 11 is 1.72. The molecular weight excluding hydrogens is 208 g/mol. The van der Waals surface area contributed by atoms with Crippen LogP contribution in [0.2, 0.25) is 0 Å². The first-order valence-electron chi connectivity index (χ1n) is 4.85. The van der Waals surface area contributed by atoms with Crippen LogP contribution in [0.15, 0.2) is 29.6 Å². The Morgan fingerprint density at radius 1 is 1.33 bits per heavy atom. The zero-order valence-corrected chi connectivity index (χ0v) is 8.80. The van der Waals surface area contributed by atoms with Gasteiger partial charge in [0.05, 0.1) is 6.04 Å². The number of thiophene rings is 1. The molecule has 15 heavy (non-hydrogen) atoms. The minimum Gasteiger partial charge on any atom is -0.336 e. The summed E-state index contributed by atoms with van der Waals surface area (Å²) < 4.78 is 1.27. The van der Waals surface area contributed by atoms with Crippen LogP contribution in [-0.4, -0.2) is 12.6 Å². The van der Waals surface area contributed by atoms with E-state index in [1.165, 1.54) is 15.6 Å². The number of carbonyl (C=O) groups excluding carboxylic acids is 1. The molecule has 1 aromatic heterocycles. The number of nitrogens with one attached hydrogen (secondary N) is 2. The SMILES string of the molecule is O=C1NCC(c2csc3ccccc23)N1. The van der Waals surface area contributed by atoms with Crippen LogP contribution in [0.25, 0.3) is 10.1 Å². The fourth-order valence-corrected chi connectivity index (χ4v) is 2.93. The van der Waals surface area contributed by atoms with Crippen LogP contribution in [0.3, 0.4) is 0 Å². The van der Waals surface area contributed by atoms with Gasteiger partial charge in [0.15, 0.2) is 0 Å². The Kier molecular flexibility index (Phi) is 1.89. The molecule has 1 aromatic carbocycles. The number of hydrogen-bond donors (Lipinski definition) is 2. The molecule has 3 rings (SSSR count). The van der Waals surface area contributed by atoms with Crippen molar-refractivity contribution in [2.45, 2.75) is 6.04 Å². The molecule has 0 spiro atoms. The first-order valence-corrected chi connectivity index (χ1v) is 5.73. The lowest BCUT2D eigenvalue weighted by Crippen LogP contribution is -2.21. The van der Waals surface area contributed by atoms with Crippen molar-refractivity contribution in [1.29, 1.82) is 0 Å². The molecule has 2 N–H and O–H groups in total. The topological polar surface area (TPSA) is 41.1 Å². The fourth-order valence-electron chi connectivity index (χ4n) is 1.91. The summed E-state index contributed by atoms with van der Waals surface area (Å²) in [5.74, 6) is 0. The van der Waals surface area contributed by atoms with Crippen molar-refractivity contribution < 1.29 is 4.79 Å². The second-order valence-corrected chi connectivity index (χ2v) is 4.51. The summed E-state index contributed by atoms with van der Waals surface area (Å²) in [6.45, 7) is 0.680. The minimum absolute atomic E-state index is 0.0738. The van der Waals surface area contributed by atoms with Crippen molar-refractivity contribution in [1.82, 2.24) is 10.6 Å². The van der Waals surface area contributed by atoms with Gasteiger partial charge in [0.2, 0.25) is 0 Å². The van der Waals surface area contributed by atoms with Gasteiger partial charge in [0.1, 0.15) is 0 Å². The zero-order valence-electron chi connectivity index (χ0n) is 7.99. The molecule has 1 aliphatic rings. The van der Waals surface area contributed by atoms with E-state index in [1.54, 1.807) is 11.3 Å². The van der Waals surface area contributed by atoms with E-state index in [1.807, 2.05) is 12.1 Å². The molecule has 0 aliphatic carbocycles. The molecule has 0 bridgehead atoms. The number of fused-ring (bicyclic) bond motifs is 1. The predicted octanol–water partition coefficient (Wildman–Crippen LogP) is 2.26. The van der Waals surface area contributed by atoms with Gasteiger partial charge in [0, 0.05) is 11.2 Å². The summed E-state index contributed by atoms with van der Waals surface area (Å²) in [5.41, 5.74) is 1.22. The largest absolute Gasteiger partial charge is 0.336 e. The molecule has 2 amide bonds. The number of amides is 2. The maximum Gasteiger partial charge on any atom is 0.315 e. The molecule has 1 saturated heterocycles. The van der Waals surface area contributed by atoms with E-state index in [0.29, 0.717) is 6.54 Å². The lowest BCUT2D eigenvalue weighted by atomic mass is 10.1. The Balaban J connectivity index is 2.07. The second kappa shape index (κ2) is 3.24. The lowest BCUT2D eigenvalue weighted by molar-refractivity contribution is 0.247. The van der Waals surface area contributed by atoms with Crippen molar-refractivity contribution in [2.75, 3.05) is 6.54 Å². The monoisotopic (exact) mass is 218 g/mol. The average molecular weight is 218 g/mol. The average Bonchev–Trinajstić information content (AvgIpc) is 2.83. The Labute approximate surface area is 91.1 Å². The van der Waals surface area contributed by atoms with Crippen LogP contribution < -0.4 is 10.6 Å². The molecule has 0 radical (unpaired) electrons. The smallest absolute Gasteiger partial charge is 0.315 e. The number of rotatable bonds is 1. The standard InChI is InChI=1S/C11H10N2OS/c14-11-12-5-9(13-11)8-6-15-10-4-2-1-3-7(8)10/h1-4,6,9H,5H2,(H2,12,13,14). The highest BCUT2D eigenvalue weighted by molar-refractivity contribution is 7.17. The molecule has 1 unspecified atom stereocenters. The Morgan fingerprint density at radius 2 is 2.20 bits per heavy atom. The van der Waals surface area contributed by atoms with Gasteiger partial charge in [0.25, 0.3) is 0 Å². The van der Waals surface area contributed by atoms with Gasteiger partial charge in [-0.05, 0) is 22.4 Å². The molecule has 76 valence electrons. The third-order valence-corrected chi connectivity index (χ3v) is 3.64. The maximum absolute atomic E-state index is 11.1. The fraction of sp³-hybridized carbons (Fsp3) is 0.182. The zero-order chi connectivity index (χ0) is 10.3. The molecule has 0 saturated carbocycles. The van der Waals surface area contributed by atoms with Crippen molar-refractivity contribution in [3.8, 4) is 0 Å². The third-order valence-electron chi connectivity index (χ3n) is 2.66. The van der Waals surface area contributed by atoms with Gasteiger partial charge < -0.3 is 10.6 Å². The van der Waals surface area contributed by atoms with Crippen molar-refractivity contribution in [2.24, 2.45) is 0 Å². The number of benzene rings is 1. The van der Waals surface area contributed by atoms with Gasteiger partial charge in [-0.15, -0.1) is 11.3 Å².